The lowest BCUT2D eigenvalue weighted by atomic mass is 9.87. The standard InChI is InChI=1S/C14F30O/c15-1(9(29,30)31,10(32,33)34)3(17,18)5(21,22)7(25,26)13(41,42)45-14(43,44)8(27,28)6(23,24)4(19,20)2(16,11(35,36)37)12(38,39)40. The molecule has 0 bridgehead atoms. The molecule has 0 rings (SSSR count). The van der Waals surface area contributed by atoms with Crippen molar-refractivity contribution in [2.24, 2.45) is 0 Å². The third-order valence-electron chi connectivity index (χ3n) is 4.99. The number of rotatable bonds is 10. The quantitative estimate of drug-likeness (QED) is 0.202. The fourth-order valence-corrected chi connectivity index (χ4v) is 2.52. The smallest absolute Gasteiger partial charge is 0.245 e. The number of alkyl halides is 30. The van der Waals surface area contributed by atoms with Crippen LogP contribution in [0, 0.1) is 0 Å². The number of hydrogen-bond acceptors (Lipinski definition) is 1. The molecule has 0 radical (unpaired) electrons. The molecule has 45 heavy (non-hydrogen) atoms. The summed E-state index contributed by atoms with van der Waals surface area (Å²) >= 11 is 0. The molecule has 1 nitrogen and oxygen atoms in total. The van der Waals surface area contributed by atoms with E-state index in [1.165, 1.54) is 0 Å². The van der Waals surface area contributed by atoms with E-state index >= 15 is 0 Å². The SMILES string of the molecule is FC(F)(F)C(F)(C(F)(F)F)C(F)(F)C(F)(F)C(F)(F)C(F)(F)OC(F)(F)C(F)(F)C(F)(F)C(F)(F)C(F)(C(F)(F)F)C(F)(F)F. The zero-order valence-corrected chi connectivity index (χ0v) is 18.7. The van der Waals surface area contributed by atoms with Crippen molar-refractivity contribution < 1.29 is 136 Å². The minimum atomic E-state index is -9.58. The van der Waals surface area contributed by atoms with Crippen LogP contribution in [0.4, 0.5) is 132 Å². The van der Waals surface area contributed by atoms with Crippen LogP contribution in [0.5, 0.6) is 0 Å². The predicted molar refractivity (Wildman–Crippen MR) is 72.6 cm³/mol. The number of halogens is 30. The van der Waals surface area contributed by atoms with Gasteiger partial charge in [0.05, 0.1) is 0 Å². The van der Waals surface area contributed by atoms with Crippen LogP contribution in [0.15, 0.2) is 0 Å². The van der Waals surface area contributed by atoms with E-state index in [0.29, 0.717) is 4.74 Å². The highest BCUT2D eigenvalue weighted by Crippen LogP contribution is 2.67. The maximum Gasteiger partial charge on any atom is 0.438 e. The molecule has 0 saturated carbocycles. The number of hydrogen-bond donors (Lipinski definition) is 0. The highest BCUT2D eigenvalue weighted by molar-refractivity contribution is 5.17. The molecule has 0 saturated heterocycles. The molecule has 272 valence electrons. The summed E-state index contributed by atoms with van der Waals surface area (Å²) in [7, 11) is 0. The van der Waals surface area contributed by atoms with Gasteiger partial charge in [0.25, 0.3) is 0 Å². The molecule has 0 aromatic carbocycles. The first kappa shape index (κ1) is 42.9. The van der Waals surface area contributed by atoms with E-state index in [9.17, 15) is 132 Å². The van der Waals surface area contributed by atoms with Crippen LogP contribution in [0.3, 0.4) is 0 Å². The molecule has 0 amide bonds. The summed E-state index contributed by atoms with van der Waals surface area (Å²) in [6.07, 6.45) is -53.1. The Hall–Kier alpha value is -2.14. The van der Waals surface area contributed by atoms with Crippen molar-refractivity contribution in [3.63, 3.8) is 0 Å². The predicted octanol–water partition coefficient (Wildman–Crippen LogP) is 9.67. The first-order chi connectivity index (χ1) is 18.7. The highest BCUT2D eigenvalue weighted by Gasteiger charge is 2.99. The van der Waals surface area contributed by atoms with Gasteiger partial charge in [0, 0.05) is 0 Å². The summed E-state index contributed by atoms with van der Waals surface area (Å²) in [5, 5.41) is 0. The lowest BCUT2D eigenvalue weighted by Crippen LogP contribution is -2.77. The largest absolute Gasteiger partial charge is 0.438 e. The van der Waals surface area contributed by atoms with Crippen LogP contribution in [-0.2, 0) is 4.74 Å². The highest BCUT2D eigenvalue weighted by atomic mass is 19.5. The van der Waals surface area contributed by atoms with Crippen LogP contribution in [0.2, 0.25) is 0 Å². The summed E-state index contributed by atoms with van der Waals surface area (Å²) in [6, 6.07) is 0. The molecule has 0 aliphatic heterocycles. The van der Waals surface area contributed by atoms with E-state index < -0.39 is 83.8 Å². The van der Waals surface area contributed by atoms with Crippen LogP contribution in [0.1, 0.15) is 0 Å². The van der Waals surface area contributed by atoms with Crippen LogP contribution in [-0.4, -0.2) is 83.8 Å². The van der Waals surface area contributed by atoms with Gasteiger partial charge in [-0.05, 0) is 0 Å². The van der Waals surface area contributed by atoms with Crippen molar-refractivity contribution in [2.75, 3.05) is 0 Å². The average Bonchev–Trinajstić information content (AvgIpc) is 2.72. The topological polar surface area (TPSA) is 9.23 Å². The second-order valence-corrected chi connectivity index (χ2v) is 7.89. The minimum absolute atomic E-state index is 0.522. The average molecular weight is 754 g/mol. The molecule has 0 unspecified atom stereocenters. The third-order valence-corrected chi connectivity index (χ3v) is 4.99. The third kappa shape index (κ3) is 5.32. The lowest BCUT2D eigenvalue weighted by Gasteiger charge is -2.45. The summed E-state index contributed by atoms with van der Waals surface area (Å²) < 4.78 is 390. The summed E-state index contributed by atoms with van der Waals surface area (Å²) in [5.74, 6) is -57.2. The van der Waals surface area contributed by atoms with E-state index in [1.54, 1.807) is 0 Å². The van der Waals surface area contributed by atoms with E-state index in [-0.39, 0.29) is 0 Å². The van der Waals surface area contributed by atoms with Gasteiger partial charge in [-0.1, -0.05) is 0 Å². The molecule has 31 heteroatoms. The van der Waals surface area contributed by atoms with Crippen molar-refractivity contribution in [3.05, 3.63) is 0 Å². The van der Waals surface area contributed by atoms with Crippen LogP contribution >= 0.6 is 0 Å². The molecule has 0 atom stereocenters. The lowest BCUT2D eigenvalue weighted by molar-refractivity contribution is -0.531. The van der Waals surface area contributed by atoms with Crippen molar-refractivity contribution in [2.45, 2.75) is 83.8 Å². The Balaban J connectivity index is 7.37. The molecule has 0 spiro atoms. The van der Waals surface area contributed by atoms with Gasteiger partial charge in [0.15, 0.2) is 0 Å². The maximum atomic E-state index is 13.5. The second kappa shape index (κ2) is 10.2. The normalized spacial score (nSPS) is 17.2. The minimum Gasteiger partial charge on any atom is -0.245 e. The van der Waals surface area contributed by atoms with Crippen LogP contribution < -0.4 is 0 Å². The molecule has 0 N–H and O–H groups in total. The Bertz CT molecular complexity index is 950. The molecular weight excluding hydrogens is 754 g/mol. The van der Waals surface area contributed by atoms with Gasteiger partial charge in [-0.3, -0.25) is 0 Å². The molecule has 0 aromatic rings. The van der Waals surface area contributed by atoms with E-state index in [1.807, 2.05) is 0 Å². The van der Waals surface area contributed by atoms with Gasteiger partial charge in [-0.2, -0.15) is 123 Å². The molecule has 0 aliphatic rings. The van der Waals surface area contributed by atoms with E-state index in [4.69, 9.17) is 0 Å². The summed E-state index contributed by atoms with van der Waals surface area (Å²) in [5.41, 5.74) is -18.3. The van der Waals surface area contributed by atoms with Crippen molar-refractivity contribution in [3.8, 4) is 0 Å². The van der Waals surface area contributed by atoms with Gasteiger partial charge in [0.1, 0.15) is 0 Å². The van der Waals surface area contributed by atoms with Crippen LogP contribution in [0.25, 0.3) is 0 Å². The summed E-state index contributed by atoms with van der Waals surface area (Å²) in [4.78, 5) is 0. The fraction of sp³-hybridized carbons (Fsp3) is 1.00. The molecule has 0 aliphatic carbocycles. The zero-order valence-electron chi connectivity index (χ0n) is 18.7. The maximum absolute atomic E-state index is 13.5. The van der Waals surface area contributed by atoms with Gasteiger partial charge in [0.2, 0.25) is 0 Å². The molecular formula is C14F30O. The first-order valence-corrected chi connectivity index (χ1v) is 9.08. The Morgan fingerprint density at radius 1 is 0.200 bits per heavy atom. The Kier molecular flexibility index (Phi) is 9.69. The number of ether oxygens (including phenoxy) is 1. The van der Waals surface area contributed by atoms with E-state index in [2.05, 4.69) is 0 Å². The van der Waals surface area contributed by atoms with Gasteiger partial charge in [-0.25, -0.2) is 13.5 Å². The molecule has 0 aromatic heterocycles. The van der Waals surface area contributed by atoms with E-state index in [0.717, 1.165) is 0 Å². The fourth-order valence-electron chi connectivity index (χ4n) is 2.52. The second-order valence-electron chi connectivity index (χ2n) is 7.89. The van der Waals surface area contributed by atoms with Crippen molar-refractivity contribution in [1.82, 2.24) is 0 Å². The Labute approximate surface area is 222 Å². The Morgan fingerprint density at radius 3 is 0.489 bits per heavy atom. The zero-order chi connectivity index (χ0) is 37.7. The Morgan fingerprint density at radius 2 is 0.356 bits per heavy atom. The molecule has 0 fully saturated rings. The van der Waals surface area contributed by atoms with Crippen molar-refractivity contribution in [1.29, 1.82) is 0 Å². The van der Waals surface area contributed by atoms with Gasteiger partial charge >= 0.3 is 83.8 Å². The van der Waals surface area contributed by atoms with Crippen molar-refractivity contribution >= 4 is 0 Å². The monoisotopic (exact) mass is 754 g/mol. The van der Waals surface area contributed by atoms with Gasteiger partial charge in [-0.15, -0.1) is 0 Å². The molecule has 0 heterocycles. The summed E-state index contributed by atoms with van der Waals surface area (Å²) in [6.45, 7) is 0. The van der Waals surface area contributed by atoms with Gasteiger partial charge < -0.3 is 0 Å². The first-order valence-electron chi connectivity index (χ1n) is 9.08.